The molecule has 0 bridgehead atoms. The Morgan fingerprint density at radius 3 is 2.59 bits per heavy atom. The summed E-state index contributed by atoms with van der Waals surface area (Å²) in [6.45, 7) is 0. The maximum Gasteiger partial charge on any atom is 0.289 e. The number of aromatic nitrogens is 1. The fraction of sp³-hybridized carbons (Fsp3) is 0.167. The van der Waals surface area contributed by atoms with E-state index < -0.39 is 20.6 Å². The number of fused-ring (bicyclic) bond motifs is 3. The number of carbonyl (C=O) groups is 1. The molecule has 7 nitrogen and oxygen atoms in total. The molecular weight excluding hydrogens is 392 g/mol. The number of benzene rings is 2. The van der Waals surface area contributed by atoms with E-state index in [2.05, 4.69) is 0 Å². The number of nitrogens with zero attached hydrogens (tertiary/aromatic N) is 2. The molecule has 0 fully saturated rings. The van der Waals surface area contributed by atoms with Crippen molar-refractivity contribution in [3.63, 3.8) is 0 Å². The molecule has 0 N–H and O–H groups in total. The van der Waals surface area contributed by atoms with Crippen LogP contribution in [0.2, 0.25) is 5.02 Å². The van der Waals surface area contributed by atoms with Crippen molar-refractivity contribution in [2.45, 2.75) is 24.2 Å². The minimum Gasteiger partial charge on any atom is -0.294 e. The Morgan fingerprint density at radius 1 is 1.11 bits per heavy atom. The number of hydrogen-bond donors (Lipinski definition) is 0. The molecular formula is C18H13ClN2O5S. The van der Waals surface area contributed by atoms with Crippen molar-refractivity contribution < 1.29 is 18.1 Å². The zero-order valence-corrected chi connectivity index (χ0v) is 15.5. The zero-order chi connectivity index (χ0) is 19.3. The van der Waals surface area contributed by atoms with Crippen LogP contribution in [-0.4, -0.2) is 23.1 Å². The number of carbonyl (C=O) groups excluding carboxylic acids is 1. The Bertz CT molecular complexity index is 1230. The van der Waals surface area contributed by atoms with Gasteiger partial charge in [-0.3, -0.25) is 14.9 Å². The van der Waals surface area contributed by atoms with E-state index in [4.69, 9.17) is 11.6 Å². The molecule has 0 aliphatic heterocycles. The van der Waals surface area contributed by atoms with Crippen LogP contribution in [-0.2, 0) is 16.4 Å². The van der Waals surface area contributed by atoms with E-state index in [1.807, 2.05) is 0 Å². The number of halogens is 1. The second-order valence-corrected chi connectivity index (χ2v) is 8.45. The smallest absolute Gasteiger partial charge is 0.289 e. The van der Waals surface area contributed by atoms with E-state index in [1.54, 1.807) is 24.3 Å². The lowest BCUT2D eigenvalue weighted by atomic mass is 9.94. The van der Waals surface area contributed by atoms with Crippen molar-refractivity contribution >= 4 is 44.0 Å². The van der Waals surface area contributed by atoms with Gasteiger partial charge in [0.05, 0.1) is 15.3 Å². The van der Waals surface area contributed by atoms with Crippen molar-refractivity contribution in [1.29, 1.82) is 0 Å². The number of nitro benzene ring substituents is 1. The van der Waals surface area contributed by atoms with Gasteiger partial charge >= 0.3 is 0 Å². The van der Waals surface area contributed by atoms with E-state index in [0.717, 1.165) is 10.0 Å². The number of Topliss-reactive ketones (excluding diaryl/α,β-unsaturated/α-hetero) is 1. The summed E-state index contributed by atoms with van der Waals surface area (Å²) in [5.41, 5.74) is 0.739. The van der Waals surface area contributed by atoms with E-state index in [1.165, 1.54) is 12.1 Å². The number of rotatable bonds is 3. The molecule has 0 atom stereocenters. The molecule has 27 heavy (non-hydrogen) atoms. The molecule has 138 valence electrons. The SMILES string of the molecule is O=C1CCCc2c1c1ccccc1n2S(=O)(=O)c1ccc(Cl)c([N+](=O)[O-])c1. The third kappa shape index (κ3) is 2.64. The van der Waals surface area contributed by atoms with Crippen LogP contribution >= 0.6 is 11.6 Å². The number of hydrogen-bond acceptors (Lipinski definition) is 5. The van der Waals surface area contributed by atoms with E-state index in [0.29, 0.717) is 41.4 Å². The van der Waals surface area contributed by atoms with Crippen LogP contribution in [0.3, 0.4) is 0 Å². The summed E-state index contributed by atoms with van der Waals surface area (Å²) in [5, 5.41) is 11.6. The average molecular weight is 405 g/mol. The highest BCUT2D eigenvalue weighted by Gasteiger charge is 2.32. The molecule has 0 spiro atoms. The molecule has 0 radical (unpaired) electrons. The number of para-hydroxylation sites is 1. The van der Waals surface area contributed by atoms with Crippen molar-refractivity contribution in [2.24, 2.45) is 0 Å². The fourth-order valence-corrected chi connectivity index (χ4v) is 5.31. The maximum absolute atomic E-state index is 13.4. The Morgan fingerprint density at radius 2 is 1.85 bits per heavy atom. The molecule has 1 aliphatic carbocycles. The lowest BCUT2D eigenvalue weighted by Crippen LogP contribution is -2.19. The van der Waals surface area contributed by atoms with Crippen LogP contribution in [0, 0.1) is 10.1 Å². The fourth-order valence-electron chi connectivity index (χ4n) is 3.52. The molecule has 9 heteroatoms. The van der Waals surface area contributed by atoms with E-state index in [-0.39, 0.29) is 15.7 Å². The van der Waals surface area contributed by atoms with Gasteiger partial charge in [0.2, 0.25) is 0 Å². The summed E-state index contributed by atoms with van der Waals surface area (Å²) in [5.74, 6) is -0.0940. The third-order valence-corrected chi connectivity index (χ3v) is 6.74. The molecule has 1 aromatic heterocycles. The van der Waals surface area contributed by atoms with Gasteiger partial charge in [-0.25, -0.2) is 12.4 Å². The Hall–Kier alpha value is -2.71. The second kappa shape index (κ2) is 6.17. The van der Waals surface area contributed by atoms with Crippen LogP contribution in [0.25, 0.3) is 10.9 Å². The zero-order valence-electron chi connectivity index (χ0n) is 13.9. The molecule has 0 saturated heterocycles. The summed E-state index contributed by atoms with van der Waals surface area (Å²) in [6, 6.07) is 10.1. The van der Waals surface area contributed by atoms with Crippen LogP contribution in [0.15, 0.2) is 47.4 Å². The van der Waals surface area contributed by atoms with E-state index >= 15 is 0 Å². The van der Waals surface area contributed by atoms with Crippen molar-refractivity contribution in [1.82, 2.24) is 3.97 Å². The van der Waals surface area contributed by atoms with Crippen LogP contribution in [0.1, 0.15) is 28.9 Å². The molecule has 1 aliphatic rings. The predicted octanol–water partition coefficient (Wildman–Crippen LogP) is 3.96. The average Bonchev–Trinajstić information content (AvgIpc) is 2.98. The van der Waals surface area contributed by atoms with E-state index in [9.17, 15) is 23.3 Å². The Balaban J connectivity index is 2.04. The van der Waals surface area contributed by atoms with Crippen molar-refractivity contribution in [3.8, 4) is 0 Å². The Kier molecular flexibility index (Phi) is 4.05. The predicted molar refractivity (Wildman–Crippen MR) is 99.9 cm³/mol. The first-order valence-corrected chi connectivity index (χ1v) is 9.99. The maximum atomic E-state index is 13.4. The standard InChI is InChI=1S/C18H13ClN2O5S/c19-13-9-8-11(10-16(13)21(23)24)27(25,26)20-14-5-2-1-4-12(14)18-15(20)6-3-7-17(18)22/h1-2,4-5,8-10H,3,6-7H2. The van der Waals surface area contributed by atoms with Crippen LogP contribution < -0.4 is 0 Å². The van der Waals surface area contributed by atoms with Crippen molar-refractivity contribution in [3.05, 3.63) is 68.9 Å². The quantitative estimate of drug-likeness (QED) is 0.486. The monoisotopic (exact) mass is 404 g/mol. The summed E-state index contributed by atoms with van der Waals surface area (Å²) in [4.78, 5) is 22.6. The largest absolute Gasteiger partial charge is 0.294 e. The van der Waals surface area contributed by atoms with Crippen molar-refractivity contribution in [2.75, 3.05) is 0 Å². The highest BCUT2D eigenvalue weighted by atomic mass is 35.5. The molecule has 1 heterocycles. The topological polar surface area (TPSA) is 99.3 Å². The van der Waals surface area contributed by atoms with Gasteiger partial charge in [-0.15, -0.1) is 0 Å². The number of nitro groups is 1. The lowest BCUT2D eigenvalue weighted by molar-refractivity contribution is -0.384. The van der Waals surface area contributed by atoms with Gasteiger partial charge in [0, 0.05) is 29.1 Å². The molecule has 0 saturated carbocycles. The lowest BCUT2D eigenvalue weighted by Gasteiger charge is -2.15. The van der Waals surface area contributed by atoms with Gasteiger partial charge in [0.15, 0.2) is 5.78 Å². The first-order chi connectivity index (χ1) is 12.8. The number of ketones is 1. The summed E-state index contributed by atoms with van der Waals surface area (Å²) < 4.78 is 27.9. The summed E-state index contributed by atoms with van der Waals surface area (Å²) in [6.07, 6.45) is 1.36. The van der Waals surface area contributed by atoms with Gasteiger partial charge in [0.25, 0.3) is 15.7 Å². The van der Waals surface area contributed by atoms with Gasteiger partial charge in [-0.05, 0) is 31.0 Å². The van der Waals surface area contributed by atoms with Gasteiger partial charge in [-0.2, -0.15) is 0 Å². The summed E-state index contributed by atoms with van der Waals surface area (Å²) >= 11 is 5.81. The first kappa shape index (κ1) is 17.7. The third-order valence-electron chi connectivity index (χ3n) is 4.67. The first-order valence-electron chi connectivity index (χ1n) is 8.17. The Labute approximate surface area is 159 Å². The van der Waals surface area contributed by atoms with Crippen LogP contribution in [0.5, 0.6) is 0 Å². The molecule has 0 unspecified atom stereocenters. The minimum absolute atomic E-state index is 0.0940. The van der Waals surface area contributed by atoms with Gasteiger partial charge < -0.3 is 0 Å². The molecule has 3 aromatic rings. The highest BCUT2D eigenvalue weighted by Crippen LogP contribution is 2.36. The minimum atomic E-state index is -4.16. The summed E-state index contributed by atoms with van der Waals surface area (Å²) in [7, 11) is -4.16. The molecule has 4 rings (SSSR count). The second-order valence-electron chi connectivity index (χ2n) is 6.26. The molecule has 0 amide bonds. The van der Waals surface area contributed by atoms with Crippen LogP contribution in [0.4, 0.5) is 5.69 Å². The van der Waals surface area contributed by atoms with Gasteiger partial charge in [0.1, 0.15) is 5.02 Å². The molecule has 2 aromatic carbocycles. The highest BCUT2D eigenvalue weighted by molar-refractivity contribution is 7.90. The normalized spacial score (nSPS) is 14.3. The van der Waals surface area contributed by atoms with Gasteiger partial charge in [-0.1, -0.05) is 29.8 Å².